The molecule has 1 saturated heterocycles. The van der Waals surface area contributed by atoms with E-state index in [9.17, 15) is 19.3 Å². The molecule has 8 heteroatoms. The van der Waals surface area contributed by atoms with Crippen LogP contribution < -0.4 is 10.2 Å². The quantitative estimate of drug-likeness (QED) is 0.651. The third-order valence-electron chi connectivity index (χ3n) is 4.06. The van der Waals surface area contributed by atoms with Gasteiger partial charge in [-0.3, -0.25) is 14.9 Å². The summed E-state index contributed by atoms with van der Waals surface area (Å²) >= 11 is 5.88. The Morgan fingerprint density at radius 3 is 2.56 bits per heavy atom. The van der Waals surface area contributed by atoms with Crippen LogP contribution in [0.3, 0.4) is 0 Å². The Bertz CT molecular complexity index is 838. The highest BCUT2D eigenvalue weighted by molar-refractivity contribution is 6.33. The minimum Gasteiger partial charge on any atom is -0.366 e. The number of amides is 1. The van der Waals surface area contributed by atoms with Gasteiger partial charge in [-0.2, -0.15) is 0 Å². The molecule has 3 rings (SSSR count). The van der Waals surface area contributed by atoms with Crippen molar-refractivity contribution in [3.8, 4) is 0 Å². The maximum atomic E-state index is 13.1. The van der Waals surface area contributed by atoms with Crippen LogP contribution in [-0.4, -0.2) is 23.9 Å². The third kappa shape index (κ3) is 3.71. The molecule has 0 bridgehead atoms. The van der Waals surface area contributed by atoms with Gasteiger partial charge in [0.05, 0.1) is 15.6 Å². The van der Waals surface area contributed by atoms with Gasteiger partial charge in [0.1, 0.15) is 11.5 Å². The number of nitrogens with zero attached hydrogens (tertiary/aromatic N) is 2. The monoisotopic (exact) mass is 363 g/mol. The molecule has 0 radical (unpaired) electrons. The molecule has 1 aliphatic heterocycles. The Morgan fingerprint density at radius 1 is 1.20 bits per heavy atom. The van der Waals surface area contributed by atoms with Crippen LogP contribution in [0, 0.1) is 15.9 Å². The number of anilines is 2. The van der Waals surface area contributed by atoms with E-state index in [1.807, 2.05) is 4.90 Å². The number of carbonyl (C=O) groups is 1. The molecule has 0 aliphatic carbocycles. The van der Waals surface area contributed by atoms with Gasteiger partial charge in [0.2, 0.25) is 0 Å². The number of halogens is 2. The van der Waals surface area contributed by atoms with Gasteiger partial charge in [-0.1, -0.05) is 11.6 Å². The van der Waals surface area contributed by atoms with Crippen LogP contribution in [0.1, 0.15) is 23.2 Å². The fraction of sp³-hybridized carbons (Fsp3) is 0.235. The summed E-state index contributed by atoms with van der Waals surface area (Å²) < 4.78 is 13.1. The zero-order valence-electron chi connectivity index (χ0n) is 13.2. The standard InChI is InChI=1S/C17H15ClFN3O3/c18-13-10-12(19)4-5-14(13)20-17(23)11-3-6-15(16(9-11)22(24)25)21-7-1-2-8-21/h3-6,9-10H,1-2,7-8H2,(H,20,23). The second-order valence-electron chi connectivity index (χ2n) is 5.73. The first kappa shape index (κ1) is 17.2. The fourth-order valence-corrected chi connectivity index (χ4v) is 3.04. The first-order chi connectivity index (χ1) is 12.0. The van der Waals surface area contributed by atoms with E-state index in [-0.39, 0.29) is 22.0 Å². The largest absolute Gasteiger partial charge is 0.366 e. The molecule has 130 valence electrons. The van der Waals surface area contributed by atoms with E-state index in [2.05, 4.69) is 5.32 Å². The van der Waals surface area contributed by atoms with Crippen molar-refractivity contribution in [2.45, 2.75) is 12.8 Å². The molecule has 2 aromatic rings. The Labute approximate surface area is 148 Å². The second-order valence-corrected chi connectivity index (χ2v) is 6.14. The van der Waals surface area contributed by atoms with Crippen molar-refractivity contribution in [3.05, 3.63) is 62.9 Å². The molecule has 1 aliphatic rings. The number of hydrogen-bond donors (Lipinski definition) is 1. The van der Waals surface area contributed by atoms with Crippen molar-refractivity contribution in [3.63, 3.8) is 0 Å². The Hall–Kier alpha value is -2.67. The number of rotatable bonds is 4. The average molecular weight is 364 g/mol. The van der Waals surface area contributed by atoms with Crippen LogP contribution >= 0.6 is 11.6 Å². The van der Waals surface area contributed by atoms with E-state index in [1.54, 1.807) is 6.07 Å². The number of nitrogens with one attached hydrogen (secondary N) is 1. The highest BCUT2D eigenvalue weighted by Crippen LogP contribution is 2.32. The number of nitro benzene ring substituents is 1. The Balaban J connectivity index is 1.87. The minimum atomic E-state index is -0.551. The lowest BCUT2D eigenvalue weighted by Gasteiger charge is -2.17. The first-order valence-electron chi connectivity index (χ1n) is 7.75. The number of hydrogen-bond acceptors (Lipinski definition) is 4. The van der Waals surface area contributed by atoms with Gasteiger partial charge >= 0.3 is 0 Å². The molecular formula is C17H15ClFN3O3. The van der Waals surface area contributed by atoms with E-state index in [1.165, 1.54) is 24.3 Å². The molecule has 0 saturated carbocycles. The van der Waals surface area contributed by atoms with Crippen molar-refractivity contribution in [2.75, 3.05) is 23.3 Å². The molecule has 1 fully saturated rings. The summed E-state index contributed by atoms with van der Waals surface area (Å²) in [6.45, 7) is 1.52. The summed E-state index contributed by atoms with van der Waals surface area (Å²) in [6.07, 6.45) is 1.98. The highest BCUT2D eigenvalue weighted by Gasteiger charge is 2.24. The van der Waals surface area contributed by atoms with Crippen LogP contribution in [0.2, 0.25) is 5.02 Å². The molecule has 0 spiro atoms. The van der Waals surface area contributed by atoms with Crippen molar-refractivity contribution >= 4 is 34.6 Å². The van der Waals surface area contributed by atoms with E-state index in [4.69, 9.17) is 11.6 Å². The van der Waals surface area contributed by atoms with Crippen LogP contribution in [-0.2, 0) is 0 Å². The smallest absolute Gasteiger partial charge is 0.293 e. The molecule has 2 aromatic carbocycles. The van der Waals surface area contributed by atoms with Gasteiger partial charge in [0.15, 0.2) is 0 Å². The maximum Gasteiger partial charge on any atom is 0.293 e. The molecule has 6 nitrogen and oxygen atoms in total. The summed E-state index contributed by atoms with van der Waals surface area (Å²) in [5.74, 6) is -1.07. The Morgan fingerprint density at radius 2 is 1.92 bits per heavy atom. The Kier molecular flexibility index (Phi) is 4.85. The van der Waals surface area contributed by atoms with Gasteiger partial charge in [-0.15, -0.1) is 0 Å². The lowest BCUT2D eigenvalue weighted by atomic mass is 10.1. The van der Waals surface area contributed by atoms with Gasteiger partial charge in [0.25, 0.3) is 11.6 Å². The van der Waals surface area contributed by atoms with Crippen molar-refractivity contribution in [1.82, 2.24) is 0 Å². The number of nitro groups is 1. The van der Waals surface area contributed by atoms with Crippen molar-refractivity contribution in [1.29, 1.82) is 0 Å². The molecule has 0 aromatic heterocycles. The lowest BCUT2D eigenvalue weighted by Crippen LogP contribution is -2.20. The zero-order valence-corrected chi connectivity index (χ0v) is 13.9. The summed E-state index contributed by atoms with van der Waals surface area (Å²) in [4.78, 5) is 25.2. The molecular weight excluding hydrogens is 349 g/mol. The molecule has 0 unspecified atom stereocenters. The van der Waals surface area contributed by atoms with Gasteiger partial charge < -0.3 is 10.2 Å². The summed E-state index contributed by atoms with van der Waals surface area (Å²) in [7, 11) is 0. The molecule has 1 N–H and O–H groups in total. The molecule has 1 heterocycles. The number of carbonyl (C=O) groups excluding carboxylic acids is 1. The molecule has 0 atom stereocenters. The molecule has 25 heavy (non-hydrogen) atoms. The highest BCUT2D eigenvalue weighted by atomic mass is 35.5. The predicted octanol–water partition coefficient (Wildman–Crippen LogP) is 4.24. The van der Waals surface area contributed by atoms with E-state index in [0.717, 1.165) is 32.0 Å². The van der Waals surface area contributed by atoms with Crippen molar-refractivity contribution < 1.29 is 14.1 Å². The van der Waals surface area contributed by atoms with Gasteiger partial charge in [-0.05, 0) is 43.2 Å². The summed E-state index contributed by atoms with van der Waals surface area (Å²) in [5.41, 5.74) is 0.771. The minimum absolute atomic E-state index is 0.0523. The van der Waals surface area contributed by atoms with Crippen LogP contribution in [0.5, 0.6) is 0 Å². The summed E-state index contributed by atoms with van der Waals surface area (Å²) in [6, 6.07) is 7.96. The van der Waals surface area contributed by atoms with Crippen LogP contribution in [0.15, 0.2) is 36.4 Å². The predicted molar refractivity (Wildman–Crippen MR) is 93.9 cm³/mol. The third-order valence-corrected chi connectivity index (χ3v) is 4.37. The van der Waals surface area contributed by atoms with E-state index >= 15 is 0 Å². The van der Waals surface area contributed by atoms with Crippen LogP contribution in [0.4, 0.5) is 21.5 Å². The van der Waals surface area contributed by atoms with Crippen LogP contribution in [0.25, 0.3) is 0 Å². The fourth-order valence-electron chi connectivity index (χ4n) is 2.82. The van der Waals surface area contributed by atoms with Gasteiger partial charge in [-0.25, -0.2) is 4.39 Å². The topological polar surface area (TPSA) is 75.5 Å². The average Bonchev–Trinajstić information content (AvgIpc) is 3.11. The zero-order chi connectivity index (χ0) is 18.0. The normalized spacial score (nSPS) is 13.8. The first-order valence-corrected chi connectivity index (χ1v) is 8.13. The van der Waals surface area contributed by atoms with Gasteiger partial charge in [0, 0.05) is 24.7 Å². The lowest BCUT2D eigenvalue weighted by molar-refractivity contribution is -0.384. The van der Waals surface area contributed by atoms with Crippen molar-refractivity contribution in [2.24, 2.45) is 0 Å². The molecule has 1 amide bonds. The second kappa shape index (κ2) is 7.06. The van der Waals surface area contributed by atoms with E-state index in [0.29, 0.717) is 5.69 Å². The maximum absolute atomic E-state index is 13.1. The van der Waals surface area contributed by atoms with E-state index < -0.39 is 16.6 Å². The summed E-state index contributed by atoms with van der Waals surface area (Å²) in [5, 5.41) is 14.0. The number of benzene rings is 2. The SMILES string of the molecule is O=C(Nc1ccc(F)cc1Cl)c1ccc(N2CCCC2)c([N+](=O)[O-])c1.